The third-order valence-corrected chi connectivity index (χ3v) is 6.38. The second-order valence-corrected chi connectivity index (χ2v) is 8.73. The maximum atomic E-state index is 13.1. The zero-order valence-electron chi connectivity index (χ0n) is 17.2. The van der Waals surface area contributed by atoms with E-state index in [9.17, 15) is 17.6 Å². The maximum Gasteiger partial charge on any atom is 0.261 e. The minimum atomic E-state index is -3.99. The molecule has 4 rings (SSSR count). The summed E-state index contributed by atoms with van der Waals surface area (Å²) < 4.78 is 42.9. The number of para-hydroxylation sites is 3. The number of fused-ring (bicyclic) bond motifs is 1. The molecule has 4 aromatic rings. The second kappa shape index (κ2) is 8.80. The van der Waals surface area contributed by atoms with Crippen LogP contribution >= 0.6 is 0 Å². The van der Waals surface area contributed by atoms with E-state index in [1.807, 2.05) is 35.8 Å². The van der Waals surface area contributed by atoms with Crippen LogP contribution in [-0.4, -0.2) is 23.9 Å². The van der Waals surface area contributed by atoms with Crippen molar-refractivity contribution >= 4 is 32.7 Å². The number of carbonyl (C=O) groups excluding carboxylic acids is 1. The summed E-state index contributed by atoms with van der Waals surface area (Å²) in [6.45, 7) is 2.87. The van der Waals surface area contributed by atoms with Gasteiger partial charge in [0.1, 0.15) is 11.6 Å². The Kier molecular flexibility index (Phi) is 5.91. The fourth-order valence-electron chi connectivity index (χ4n) is 3.46. The molecule has 0 saturated heterocycles. The van der Waals surface area contributed by atoms with E-state index in [0.29, 0.717) is 12.4 Å². The van der Waals surface area contributed by atoms with Gasteiger partial charge >= 0.3 is 0 Å². The molecule has 1 heterocycles. The SMILES string of the molecule is CCn1c(CNC(=O)c2ccccc2NS(=O)(=O)c2ccc(F)cc2)nc2ccccc21. The summed E-state index contributed by atoms with van der Waals surface area (Å²) in [6, 6.07) is 18.5. The number of rotatable bonds is 7. The van der Waals surface area contributed by atoms with Crippen LogP contribution in [0.3, 0.4) is 0 Å². The number of nitrogens with one attached hydrogen (secondary N) is 2. The van der Waals surface area contributed by atoms with Gasteiger partial charge in [0, 0.05) is 6.54 Å². The van der Waals surface area contributed by atoms with E-state index in [4.69, 9.17) is 0 Å². The van der Waals surface area contributed by atoms with Crippen LogP contribution in [0.2, 0.25) is 0 Å². The number of carbonyl (C=O) groups is 1. The van der Waals surface area contributed by atoms with Gasteiger partial charge in [-0.25, -0.2) is 17.8 Å². The van der Waals surface area contributed by atoms with Gasteiger partial charge in [-0.2, -0.15) is 0 Å². The Labute approximate surface area is 185 Å². The van der Waals surface area contributed by atoms with Crippen molar-refractivity contribution in [1.82, 2.24) is 14.9 Å². The zero-order valence-corrected chi connectivity index (χ0v) is 18.1. The topological polar surface area (TPSA) is 93.1 Å². The number of hydrogen-bond acceptors (Lipinski definition) is 4. The molecule has 0 saturated carbocycles. The molecular weight excluding hydrogens is 431 g/mol. The number of benzene rings is 3. The van der Waals surface area contributed by atoms with Crippen LogP contribution in [0, 0.1) is 5.82 Å². The van der Waals surface area contributed by atoms with E-state index in [1.165, 1.54) is 12.1 Å². The van der Waals surface area contributed by atoms with Gasteiger partial charge in [-0.05, 0) is 55.5 Å². The quantitative estimate of drug-likeness (QED) is 0.444. The first-order valence-electron chi connectivity index (χ1n) is 9.99. The molecular formula is C23H21FN4O3S. The minimum Gasteiger partial charge on any atom is -0.345 e. The predicted octanol–water partition coefficient (Wildman–Crippen LogP) is 3.93. The molecule has 32 heavy (non-hydrogen) atoms. The molecule has 0 aliphatic rings. The first-order valence-corrected chi connectivity index (χ1v) is 11.5. The average Bonchev–Trinajstić information content (AvgIpc) is 3.15. The van der Waals surface area contributed by atoms with Gasteiger partial charge in [0.05, 0.1) is 33.7 Å². The normalized spacial score (nSPS) is 11.4. The van der Waals surface area contributed by atoms with Gasteiger partial charge in [-0.1, -0.05) is 24.3 Å². The van der Waals surface area contributed by atoms with E-state index in [1.54, 1.807) is 12.1 Å². The number of nitrogens with zero attached hydrogens (tertiary/aromatic N) is 2. The number of aryl methyl sites for hydroxylation is 1. The smallest absolute Gasteiger partial charge is 0.261 e. The number of anilines is 1. The summed E-state index contributed by atoms with van der Waals surface area (Å²) in [4.78, 5) is 17.4. The summed E-state index contributed by atoms with van der Waals surface area (Å²) in [5.41, 5.74) is 2.11. The molecule has 7 nitrogen and oxygen atoms in total. The standard InChI is InChI=1S/C23H21FN4O3S/c1-2-28-21-10-6-5-9-20(21)26-22(28)15-25-23(29)18-7-3-4-8-19(18)27-32(30,31)17-13-11-16(24)12-14-17/h3-14,27H,2,15H2,1H3,(H,25,29). The molecule has 9 heteroatoms. The van der Waals surface area contributed by atoms with E-state index in [2.05, 4.69) is 15.0 Å². The highest BCUT2D eigenvalue weighted by atomic mass is 32.2. The summed E-state index contributed by atoms with van der Waals surface area (Å²) in [5, 5.41) is 2.82. The molecule has 3 aromatic carbocycles. The third-order valence-electron chi connectivity index (χ3n) is 5.00. The Hall–Kier alpha value is -3.72. The predicted molar refractivity (Wildman–Crippen MR) is 120 cm³/mol. The van der Waals surface area contributed by atoms with Gasteiger partial charge in [-0.15, -0.1) is 0 Å². The Morgan fingerprint density at radius 3 is 2.44 bits per heavy atom. The highest BCUT2D eigenvalue weighted by Gasteiger charge is 2.19. The fraction of sp³-hybridized carbons (Fsp3) is 0.130. The number of imidazole rings is 1. The second-order valence-electron chi connectivity index (χ2n) is 7.05. The Balaban J connectivity index is 1.55. The number of sulfonamides is 1. The molecule has 0 bridgehead atoms. The number of amides is 1. The van der Waals surface area contributed by atoms with Crippen LogP contribution in [0.5, 0.6) is 0 Å². The molecule has 0 aliphatic carbocycles. The van der Waals surface area contributed by atoms with Crippen LogP contribution in [0.1, 0.15) is 23.1 Å². The average molecular weight is 453 g/mol. The van der Waals surface area contributed by atoms with Crippen molar-refractivity contribution in [2.45, 2.75) is 24.9 Å². The number of aromatic nitrogens is 2. The molecule has 0 fully saturated rings. The Morgan fingerprint density at radius 1 is 1.00 bits per heavy atom. The van der Waals surface area contributed by atoms with E-state index in [0.717, 1.165) is 35.3 Å². The summed E-state index contributed by atoms with van der Waals surface area (Å²) in [6.07, 6.45) is 0. The van der Waals surface area contributed by atoms with Crippen LogP contribution in [0.15, 0.2) is 77.7 Å². The number of hydrogen-bond donors (Lipinski definition) is 2. The van der Waals surface area contributed by atoms with Crippen LogP contribution in [0.25, 0.3) is 11.0 Å². The zero-order chi connectivity index (χ0) is 22.7. The van der Waals surface area contributed by atoms with Crippen LogP contribution in [-0.2, 0) is 23.1 Å². The molecule has 0 atom stereocenters. The highest BCUT2D eigenvalue weighted by molar-refractivity contribution is 7.92. The lowest BCUT2D eigenvalue weighted by molar-refractivity contribution is 0.0950. The third kappa shape index (κ3) is 4.33. The van der Waals surface area contributed by atoms with Gasteiger partial charge in [0.25, 0.3) is 15.9 Å². The van der Waals surface area contributed by atoms with Crippen molar-refractivity contribution in [3.8, 4) is 0 Å². The maximum absolute atomic E-state index is 13.1. The van der Waals surface area contributed by atoms with Crippen molar-refractivity contribution in [3.05, 3.63) is 90.0 Å². The van der Waals surface area contributed by atoms with Gasteiger partial charge in [0.2, 0.25) is 0 Å². The lowest BCUT2D eigenvalue weighted by Crippen LogP contribution is -2.26. The summed E-state index contributed by atoms with van der Waals surface area (Å²) in [7, 11) is -3.99. The largest absolute Gasteiger partial charge is 0.345 e. The van der Waals surface area contributed by atoms with Gasteiger partial charge in [0.15, 0.2) is 0 Å². The van der Waals surface area contributed by atoms with Crippen molar-refractivity contribution < 1.29 is 17.6 Å². The molecule has 1 aromatic heterocycles. The molecule has 0 aliphatic heterocycles. The molecule has 0 spiro atoms. The van der Waals surface area contributed by atoms with Crippen LogP contribution < -0.4 is 10.0 Å². The van der Waals surface area contributed by atoms with Crippen LogP contribution in [0.4, 0.5) is 10.1 Å². The van der Waals surface area contributed by atoms with Gasteiger partial charge < -0.3 is 9.88 Å². The van der Waals surface area contributed by atoms with Crippen molar-refractivity contribution in [2.24, 2.45) is 0 Å². The Morgan fingerprint density at radius 2 is 1.69 bits per heavy atom. The lowest BCUT2D eigenvalue weighted by atomic mass is 10.1. The van der Waals surface area contributed by atoms with Gasteiger partial charge in [-0.3, -0.25) is 9.52 Å². The van der Waals surface area contributed by atoms with E-state index >= 15 is 0 Å². The monoisotopic (exact) mass is 452 g/mol. The molecule has 0 unspecified atom stereocenters. The summed E-state index contributed by atoms with van der Waals surface area (Å²) in [5.74, 6) is -0.287. The molecule has 2 N–H and O–H groups in total. The van der Waals surface area contributed by atoms with E-state index in [-0.39, 0.29) is 22.7 Å². The molecule has 1 amide bonds. The summed E-state index contributed by atoms with van der Waals surface area (Å²) >= 11 is 0. The van der Waals surface area contributed by atoms with Crippen molar-refractivity contribution in [2.75, 3.05) is 4.72 Å². The van der Waals surface area contributed by atoms with Crippen molar-refractivity contribution in [1.29, 1.82) is 0 Å². The molecule has 164 valence electrons. The van der Waals surface area contributed by atoms with Crippen molar-refractivity contribution in [3.63, 3.8) is 0 Å². The Bertz CT molecular complexity index is 1380. The first kappa shape index (κ1) is 21.5. The van der Waals surface area contributed by atoms with E-state index < -0.39 is 21.7 Å². The number of halogens is 1. The fourth-order valence-corrected chi connectivity index (χ4v) is 4.54. The molecule has 0 radical (unpaired) electrons. The minimum absolute atomic E-state index is 0.106. The lowest BCUT2D eigenvalue weighted by Gasteiger charge is -2.13. The first-order chi connectivity index (χ1) is 15.4. The highest BCUT2D eigenvalue weighted by Crippen LogP contribution is 2.21.